The number of anilines is 1. The largest absolute Gasteiger partial charge is 0.480 e. The zero-order valence-corrected chi connectivity index (χ0v) is 11.9. The summed E-state index contributed by atoms with van der Waals surface area (Å²) in [4.78, 5) is 23.6. The lowest BCUT2D eigenvalue weighted by atomic mass is 10.3. The molecular weight excluding hydrogens is 272 g/mol. The van der Waals surface area contributed by atoms with E-state index in [1.165, 1.54) is 0 Å². The van der Waals surface area contributed by atoms with Crippen molar-refractivity contribution in [1.82, 2.24) is 24.6 Å². The number of carboxylic acid groups (broad SMARTS) is 1. The fourth-order valence-electron chi connectivity index (χ4n) is 2.73. The SMILES string of the molecule is Cn1ncc2c(N3CCCN(CC(=O)O)CC3)ncnc21. The second-order valence-corrected chi connectivity index (χ2v) is 5.21. The maximum Gasteiger partial charge on any atom is 0.317 e. The molecule has 0 aliphatic carbocycles. The molecule has 3 rings (SSSR count). The highest BCUT2D eigenvalue weighted by molar-refractivity contribution is 5.86. The molecule has 3 heterocycles. The first-order valence-corrected chi connectivity index (χ1v) is 6.97. The van der Waals surface area contributed by atoms with Crippen LogP contribution in [0.3, 0.4) is 0 Å². The van der Waals surface area contributed by atoms with E-state index >= 15 is 0 Å². The number of nitrogens with zero attached hydrogens (tertiary/aromatic N) is 6. The summed E-state index contributed by atoms with van der Waals surface area (Å²) >= 11 is 0. The highest BCUT2D eigenvalue weighted by Gasteiger charge is 2.20. The van der Waals surface area contributed by atoms with Gasteiger partial charge in [0.25, 0.3) is 0 Å². The van der Waals surface area contributed by atoms with E-state index in [0.29, 0.717) is 0 Å². The second-order valence-electron chi connectivity index (χ2n) is 5.21. The van der Waals surface area contributed by atoms with Crippen LogP contribution in [0.2, 0.25) is 0 Å². The molecule has 2 aromatic heterocycles. The van der Waals surface area contributed by atoms with Gasteiger partial charge in [0.1, 0.15) is 12.1 Å². The van der Waals surface area contributed by atoms with Crippen molar-refractivity contribution in [2.24, 2.45) is 7.05 Å². The number of hydrogen-bond donors (Lipinski definition) is 1. The number of hydrogen-bond acceptors (Lipinski definition) is 6. The Balaban J connectivity index is 1.81. The summed E-state index contributed by atoms with van der Waals surface area (Å²) in [6.07, 6.45) is 4.25. The Morgan fingerprint density at radius 3 is 2.95 bits per heavy atom. The van der Waals surface area contributed by atoms with E-state index in [-0.39, 0.29) is 6.54 Å². The Hall–Kier alpha value is -2.22. The lowest BCUT2D eigenvalue weighted by molar-refractivity contribution is -0.138. The number of rotatable bonds is 3. The summed E-state index contributed by atoms with van der Waals surface area (Å²) in [5.41, 5.74) is 0.812. The molecule has 1 fully saturated rings. The average molecular weight is 290 g/mol. The molecule has 0 radical (unpaired) electrons. The van der Waals surface area contributed by atoms with Crippen molar-refractivity contribution in [2.45, 2.75) is 6.42 Å². The van der Waals surface area contributed by atoms with Gasteiger partial charge in [0.05, 0.1) is 18.1 Å². The van der Waals surface area contributed by atoms with Crippen molar-refractivity contribution >= 4 is 22.8 Å². The number of aryl methyl sites for hydroxylation is 1. The fourth-order valence-corrected chi connectivity index (χ4v) is 2.73. The van der Waals surface area contributed by atoms with Crippen LogP contribution < -0.4 is 4.90 Å². The minimum Gasteiger partial charge on any atom is -0.480 e. The molecule has 21 heavy (non-hydrogen) atoms. The third-order valence-electron chi connectivity index (χ3n) is 3.76. The zero-order chi connectivity index (χ0) is 14.8. The number of fused-ring (bicyclic) bond motifs is 1. The van der Waals surface area contributed by atoms with Crippen LogP contribution in [0.4, 0.5) is 5.82 Å². The van der Waals surface area contributed by atoms with Crippen LogP contribution in [-0.4, -0.2) is 68.4 Å². The third kappa shape index (κ3) is 2.80. The highest BCUT2D eigenvalue weighted by Crippen LogP contribution is 2.23. The van der Waals surface area contributed by atoms with Crippen molar-refractivity contribution in [3.8, 4) is 0 Å². The summed E-state index contributed by atoms with van der Waals surface area (Å²) in [5.74, 6) is 0.102. The Bertz CT molecular complexity index is 655. The number of aromatic nitrogens is 4. The minimum absolute atomic E-state index is 0.0971. The van der Waals surface area contributed by atoms with Gasteiger partial charge < -0.3 is 10.0 Å². The van der Waals surface area contributed by atoms with Crippen LogP contribution >= 0.6 is 0 Å². The van der Waals surface area contributed by atoms with Gasteiger partial charge in [-0.15, -0.1) is 0 Å². The van der Waals surface area contributed by atoms with Gasteiger partial charge in [0.2, 0.25) is 0 Å². The van der Waals surface area contributed by atoms with E-state index < -0.39 is 5.97 Å². The van der Waals surface area contributed by atoms with Crippen LogP contribution in [0.15, 0.2) is 12.5 Å². The average Bonchev–Trinajstić information content (AvgIpc) is 2.69. The van der Waals surface area contributed by atoms with E-state index in [1.54, 1.807) is 17.2 Å². The van der Waals surface area contributed by atoms with Crippen molar-refractivity contribution in [1.29, 1.82) is 0 Å². The van der Waals surface area contributed by atoms with Crippen LogP contribution in [0.5, 0.6) is 0 Å². The molecule has 2 aromatic rings. The molecule has 0 aromatic carbocycles. The smallest absolute Gasteiger partial charge is 0.317 e. The summed E-state index contributed by atoms with van der Waals surface area (Å²) < 4.78 is 1.73. The van der Waals surface area contributed by atoms with E-state index in [1.807, 2.05) is 11.9 Å². The molecule has 112 valence electrons. The molecule has 0 amide bonds. The predicted octanol–water partition coefficient (Wildman–Crippen LogP) is -0.0400. The molecule has 1 N–H and O–H groups in total. The molecule has 0 saturated carbocycles. The first-order chi connectivity index (χ1) is 10.1. The van der Waals surface area contributed by atoms with Crippen molar-refractivity contribution in [3.05, 3.63) is 12.5 Å². The summed E-state index contributed by atoms with van der Waals surface area (Å²) in [5, 5.41) is 14.1. The van der Waals surface area contributed by atoms with Gasteiger partial charge in [-0.1, -0.05) is 0 Å². The number of carboxylic acids is 1. The van der Waals surface area contributed by atoms with Crippen LogP contribution in [0.1, 0.15) is 6.42 Å². The zero-order valence-electron chi connectivity index (χ0n) is 11.9. The van der Waals surface area contributed by atoms with Gasteiger partial charge in [0, 0.05) is 33.2 Å². The molecule has 1 aliphatic rings. The molecule has 0 spiro atoms. The van der Waals surface area contributed by atoms with E-state index in [9.17, 15) is 4.79 Å². The summed E-state index contributed by atoms with van der Waals surface area (Å²) in [6.45, 7) is 3.23. The molecule has 8 nitrogen and oxygen atoms in total. The first-order valence-electron chi connectivity index (χ1n) is 6.97. The van der Waals surface area contributed by atoms with Gasteiger partial charge in [-0.25, -0.2) is 9.97 Å². The Morgan fingerprint density at radius 1 is 1.29 bits per heavy atom. The monoisotopic (exact) mass is 290 g/mol. The van der Waals surface area contributed by atoms with E-state index in [0.717, 1.165) is 49.5 Å². The molecule has 1 saturated heterocycles. The highest BCUT2D eigenvalue weighted by atomic mass is 16.4. The molecular formula is C13H18N6O2. The molecule has 0 unspecified atom stereocenters. The van der Waals surface area contributed by atoms with E-state index in [2.05, 4.69) is 20.0 Å². The molecule has 8 heteroatoms. The standard InChI is InChI=1S/C13H18N6O2/c1-17-12-10(7-16-17)13(15-9-14-12)19-4-2-3-18(5-6-19)8-11(20)21/h7,9H,2-6,8H2,1H3,(H,20,21). The summed E-state index contributed by atoms with van der Waals surface area (Å²) in [6, 6.07) is 0. The number of carbonyl (C=O) groups is 1. The lowest BCUT2D eigenvalue weighted by Gasteiger charge is -2.22. The summed E-state index contributed by atoms with van der Waals surface area (Å²) in [7, 11) is 1.86. The topological polar surface area (TPSA) is 87.4 Å². The predicted molar refractivity (Wildman–Crippen MR) is 77.2 cm³/mol. The van der Waals surface area contributed by atoms with Crippen molar-refractivity contribution in [2.75, 3.05) is 37.6 Å². The maximum absolute atomic E-state index is 10.8. The second kappa shape index (κ2) is 5.65. The number of aliphatic carboxylic acids is 1. The Labute approximate surface area is 122 Å². The van der Waals surface area contributed by atoms with Gasteiger partial charge >= 0.3 is 5.97 Å². The van der Waals surface area contributed by atoms with Crippen LogP contribution in [0, 0.1) is 0 Å². The Morgan fingerprint density at radius 2 is 2.14 bits per heavy atom. The minimum atomic E-state index is -0.778. The normalized spacial score (nSPS) is 17.1. The van der Waals surface area contributed by atoms with Crippen molar-refractivity contribution < 1.29 is 9.90 Å². The van der Waals surface area contributed by atoms with Crippen LogP contribution in [-0.2, 0) is 11.8 Å². The van der Waals surface area contributed by atoms with Gasteiger partial charge in [-0.05, 0) is 6.42 Å². The fraction of sp³-hybridized carbons (Fsp3) is 0.538. The Kier molecular flexibility index (Phi) is 3.70. The van der Waals surface area contributed by atoms with Crippen LogP contribution in [0.25, 0.3) is 11.0 Å². The quantitative estimate of drug-likeness (QED) is 0.848. The molecule has 1 aliphatic heterocycles. The molecule has 0 bridgehead atoms. The van der Waals surface area contributed by atoms with Gasteiger partial charge in [-0.3, -0.25) is 14.4 Å². The maximum atomic E-state index is 10.8. The first kappa shape index (κ1) is 13.7. The van der Waals surface area contributed by atoms with Gasteiger partial charge in [-0.2, -0.15) is 5.10 Å². The van der Waals surface area contributed by atoms with Crippen molar-refractivity contribution in [3.63, 3.8) is 0 Å². The lowest BCUT2D eigenvalue weighted by Crippen LogP contribution is -2.34. The van der Waals surface area contributed by atoms with E-state index in [4.69, 9.17) is 5.11 Å². The van der Waals surface area contributed by atoms with Gasteiger partial charge in [0.15, 0.2) is 5.65 Å². The third-order valence-corrected chi connectivity index (χ3v) is 3.76. The molecule has 0 atom stereocenters.